The Morgan fingerprint density at radius 1 is 0.912 bits per heavy atom. The highest BCUT2D eigenvalue weighted by Gasteiger charge is 2.20. The molecule has 0 spiro atoms. The van der Waals surface area contributed by atoms with Crippen LogP contribution in [0.3, 0.4) is 0 Å². The summed E-state index contributed by atoms with van der Waals surface area (Å²) in [5.41, 5.74) is 2.35. The van der Waals surface area contributed by atoms with Crippen LogP contribution in [0.15, 0.2) is 54.6 Å². The molecule has 1 fully saturated rings. The number of hydrogen-bond donors (Lipinski definition) is 2. The second kappa shape index (κ2) is 10.3. The summed E-state index contributed by atoms with van der Waals surface area (Å²) in [6, 6.07) is 13.1. The third-order valence-corrected chi connectivity index (χ3v) is 6.42. The van der Waals surface area contributed by atoms with Gasteiger partial charge in [-0.05, 0) is 67.8 Å². The van der Waals surface area contributed by atoms with Crippen LogP contribution in [0.2, 0.25) is 5.02 Å². The molecule has 0 heterocycles. The van der Waals surface area contributed by atoms with E-state index in [1.54, 1.807) is 37.3 Å². The van der Waals surface area contributed by atoms with Gasteiger partial charge in [-0.25, -0.2) is 8.78 Å². The minimum atomic E-state index is -0.741. The Balaban J connectivity index is 1.53. The summed E-state index contributed by atoms with van der Waals surface area (Å²) in [5, 5.41) is 6.08. The lowest BCUT2D eigenvalue weighted by molar-refractivity contribution is 0.0927. The molecule has 0 unspecified atom stereocenters. The first-order chi connectivity index (χ1) is 16.3. The van der Waals surface area contributed by atoms with Crippen LogP contribution in [0.25, 0.3) is 0 Å². The molecule has 2 N–H and O–H groups in total. The monoisotopic (exact) mass is 482 g/mol. The second-order valence-corrected chi connectivity index (χ2v) is 9.02. The van der Waals surface area contributed by atoms with Crippen LogP contribution in [0.1, 0.15) is 63.9 Å². The third-order valence-electron chi connectivity index (χ3n) is 6.11. The number of ketones is 1. The first-order valence-electron chi connectivity index (χ1n) is 11.3. The number of carbonyl (C=O) groups excluding carboxylic acids is 2. The maximum Gasteiger partial charge on any atom is 0.251 e. The molecule has 1 amide bonds. The van der Waals surface area contributed by atoms with Crippen molar-refractivity contribution in [3.05, 3.63) is 93.5 Å². The number of carbonyl (C=O) groups is 2. The summed E-state index contributed by atoms with van der Waals surface area (Å²) in [6.07, 6.45) is 5.37. The van der Waals surface area contributed by atoms with Gasteiger partial charge >= 0.3 is 0 Å². The maximum absolute atomic E-state index is 13.9. The molecule has 4 nitrogen and oxygen atoms in total. The number of hydrogen-bond acceptors (Lipinski definition) is 3. The molecule has 3 aromatic rings. The summed E-state index contributed by atoms with van der Waals surface area (Å²) < 4.78 is 27.1. The van der Waals surface area contributed by atoms with Gasteiger partial charge in [0, 0.05) is 34.5 Å². The Bertz CT molecular complexity index is 1240. The molecule has 1 aliphatic carbocycles. The topological polar surface area (TPSA) is 58.2 Å². The van der Waals surface area contributed by atoms with Crippen LogP contribution in [0, 0.1) is 18.6 Å². The van der Waals surface area contributed by atoms with Crippen molar-refractivity contribution in [2.75, 3.05) is 5.32 Å². The summed E-state index contributed by atoms with van der Waals surface area (Å²) in [5.74, 6) is -1.91. The van der Waals surface area contributed by atoms with E-state index in [0.29, 0.717) is 16.8 Å². The van der Waals surface area contributed by atoms with Crippen LogP contribution in [0.5, 0.6) is 0 Å². The lowest BCUT2D eigenvalue weighted by atomic mass is 9.94. The van der Waals surface area contributed by atoms with Gasteiger partial charge < -0.3 is 10.6 Å². The minimum Gasteiger partial charge on any atom is -0.353 e. The van der Waals surface area contributed by atoms with Crippen molar-refractivity contribution in [3.8, 4) is 0 Å². The molecule has 7 heteroatoms. The van der Waals surface area contributed by atoms with E-state index >= 15 is 0 Å². The molecule has 1 saturated carbocycles. The average molecular weight is 483 g/mol. The van der Waals surface area contributed by atoms with E-state index in [0.717, 1.165) is 43.4 Å². The van der Waals surface area contributed by atoms with Gasteiger partial charge in [0.05, 0.1) is 10.7 Å². The Kier molecular flexibility index (Phi) is 7.27. The highest BCUT2D eigenvalue weighted by atomic mass is 35.5. The van der Waals surface area contributed by atoms with Gasteiger partial charge in [-0.2, -0.15) is 0 Å². The van der Waals surface area contributed by atoms with E-state index in [9.17, 15) is 18.4 Å². The molecule has 4 rings (SSSR count). The Morgan fingerprint density at radius 2 is 1.68 bits per heavy atom. The highest BCUT2D eigenvalue weighted by Crippen LogP contribution is 2.28. The van der Waals surface area contributed by atoms with Crippen molar-refractivity contribution in [3.63, 3.8) is 0 Å². The molecule has 0 atom stereocenters. The fourth-order valence-electron chi connectivity index (χ4n) is 4.19. The van der Waals surface area contributed by atoms with Crippen molar-refractivity contribution in [1.29, 1.82) is 0 Å². The molecule has 1 aliphatic rings. The summed E-state index contributed by atoms with van der Waals surface area (Å²) in [4.78, 5) is 26.0. The number of benzene rings is 3. The quantitative estimate of drug-likeness (QED) is 0.373. The van der Waals surface area contributed by atoms with E-state index in [1.807, 2.05) is 0 Å². The normalized spacial score (nSPS) is 14.0. The zero-order valence-electron chi connectivity index (χ0n) is 18.8. The van der Waals surface area contributed by atoms with Crippen LogP contribution in [-0.2, 0) is 0 Å². The van der Waals surface area contributed by atoms with Crippen LogP contribution >= 0.6 is 11.6 Å². The number of rotatable bonds is 6. The van der Waals surface area contributed by atoms with Crippen LogP contribution in [0.4, 0.5) is 20.2 Å². The lowest BCUT2D eigenvalue weighted by Gasteiger charge is -2.23. The van der Waals surface area contributed by atoms with E-state index < -0.39 is 11.6 Å². The Labute approximate surface area is 202 Å². The van der Waals surface area contributed by atoms with E-state index in [1.165, 1.54) is 18.6 Å². The smallest absolute Gasteiger partial charge is 0.251 e. The Hall–Kier alpha value is -3.25. The maximum atomic E-state index is 13.9. The molecular weight excluding hydrogens is 458 g/mol. The number of amides is 1. The van der Waals surface area contributed by atoms with Gasteiger partial charge in [0.15, 0.2) is 5.78 Å². The van der Waals surface area contributed by atoms with E-state index in [4.69, 9.17) is 11.6 Å². The van der Waals surface area contributed by atoms with Crippen molar-refractivity contribution < 1.29 is 18.4 Å². The third kappa shape index (κ3) is 5.45. The fourth-order valence-corrected chi connectivity index (χ4v) is 4.46. The first kappa shape index (κ1) is 23.9. The van der Waals surface area contributed by atoms with E-state index in [-0.39, 0.29) is 34.0 Å². The molecule has 176 valence electrons. The second-order valence-electron chi connectivity index (χ2n) is 8.61. The van der Waals surface area contributed by atoms with Gasteiger partial charge in [-0.1, -0.05) is 36.9 Å². The van der Waals surface area contributed by atoms with Crippen molar-refractivity contribution in [1.82, 2.24) is 5.32 Å². The summed E-state index contributed by atoms with van der Waals surface area (Å²) >= 11 is 6.40. The molecule has 0 aliphatic heterocycles. The molecule has 0 aromatic heterocycles. The van der Waals surface area contributed by atoms with Gasteiger partial charge in [0.1, 0.15) is 11.6 Å². The molecule has 3 aromatic carbocycles. The lowest BCUT2D eigenvalue weighted by Crippen LogP contribution is -2.36. The highest BCUT2D eigenvalue weighted by molar-refractivity contribution is 6.35. The minimum absolute atomic E-state index is 0.0871. The molecular formula is C27H25ClF2N2O2. The Morgan fingerprint density at radius 3 is 2.38 bits per heavy atom. The van der Waals surface area contributed by atoms with Crippen molar-refractivity contribution >= 4 is 34.7 Å². The van der Waals surface area contributed by atoms with Gasteiger partial charge in [0.2, 0.25) is 0 Å². The summed E-state index contributed by atoms with van der Waals surface area (Å²) in [7, 11) is 0. The first-order valence-corrected chi connectivity index (χ1v) is 11.7. The zero-order chi connectivity index (χ0) is 24.2. The molecule has 0 saturated heterocycles. The summed E-state index contributed by atoms with van der Waals surface area (Å²) in [6.45, 7) is 1.80. The SMILES string of the molecule is Cc1ccc(C(=O)NC2CCCCC2)cc1C(=O)c1ccc(Nc2ccc(F)cc2F)cc1Cl. The van der Waals surface area contributed by atoms with Crippen molar-refractivity contribution in [2.45, 2.75) is 45.1 Å². The molecule has 0 radical (unpaired) electrons. The predicted octanol–water partition coefficient (Wildman–Crippen LogP) is 6.96. The molecule has 0 bridgehead atoms. The van der Waals surface area contributed by atoms with Gasteiger partial charge in [0.25, 0.3) is 5.91 Å². The zero-order valence-corrected chi connectivity index (χ0v) is 19.5. The van der Waals surface area contributed by atoms with Crippen LogP contribution in [-0.4, -0.2) is 17.7 Å². The number of nitrogens with one attached hydrogen (secondary N) is 2. The number of anilines is 2. The predicted molar refractivity (Wildman–Crippen MR) is 130 cm³/mol. The van der Waals surface area contributed by atoms with Crippen molar-refractivity contribution in [2.24, 2.45) is 0 Å². The fraction of sp³-hybridized carbons (Fsp3) is 0.259. The standard InChI is InChI=1S/C27H25ClF2N2O2/c1-16-7-8-17(27(34)32-19-5-3-2-4-6-19)13-22(16)26(33)21-11-10-20(15-23(21)28)31-25-12-9-18(29)14-24(25)30/h7-15,19,31H,2-6H2,1H3,(H,32,34). The number of halogens is 3. The number of aryl methyl sites for hydroxylation is 1. The van der Waals surface area contributed by atoms with Crippen LogP contribution < -0.4 is 10.6 Å². The van der Waals surface area contributed by atoms with E-state index in [2.05, 4.69) is 10.6 Å². The van der Waals surface area contributed by atoms with Gasteiger partial charge in [-0.15, -0.1) is 0 Å². The average Bonchev–Trinajstić information content (AvgIpc) is 2.81. The molecule has 34 heavy (non-hydrogen) atoms. The van der Waals surface area contributed by atoms with Gasteiger partial charge in [-0.3, -0.25) is 9.59 Å². The largest absolute Gasteiger partial charge is 0.353 e.